The Labute approximate surface area is 446 Å². The second-order valence-electron chi connectivity index (χ2n) is 20.0. The molecule has 2 fully saturated rings. The Bertz CT molecular complexity index is 1560. The zero-order valence-electron chi connectivity index (χ0n) is 45.6. The summed E-state index contributed by atoms with van der Waals surface area (Å²) in [7, 11) is 0. The highest BCUT2D eigenvalue weighted by Gasteiger charge is 2.51. The number of rotatable bonds is 44. The number of nitrogens with one attached hydrogen (secondary N) is 1. The van der Waals surface area contributed by atoms with E-state index < -0.39 is 86.8 Å². The van der Waals surface area contributed by atoms with Crippen LogP contribution in [0.2, 0.25) is 0 Å². The van der Waals surface area contributed by atoms with Crippen molar-refractivity contribution >= 4 is 5.91 Å². The number of carbonyl (C=O) groups excluding carboxylic acids is 1. The number of hydrogen-bond acceptors (Lipinski definition) is 13. The van der Waals surface area contributed by atoms with Gasteiger partial charge in [0.25, 0.3) is 0 Å². The Hall–Kier alpha value is -2.83. The smallest absolute Gasteiger partial charge is 0.220 e. The average molecular weight is 1050 g/mol. The summed E-state index contributed by atoms with van der Waals surface area (Å²) in [5.74, 6) is -0.257. The molecule has 74 heavy (non-hydrogen) atoms. The summed E-state index contributed by atoms with van der Waals surface area (Å²) in [4.78, 5) is 13.2. The molecule has 0 aromatic carbocycles. The third-order valence-corrected chi connectivity index (χ3v) is 13.6. The maximum absolute atomic E-state index is 13.2. The molecule has 0 aromatic rings. The fraction of sp³-hybridized carbons (Fsp3) is 0.750. The summed E-state index contributed by atoms with van der Waals surface area (Å²) in [5, 5.41) is 86.9. The normalized spacial score (nSPS) is 25.9. The van der Waals surface area contributed by atoms with Crippen LogP contribution in [0.3, 0.4) is 0 Å². The van der Waals surface area contributed by atoms with Crippen molar-refractivity contribution < 1.29 is 64.6 Å². The molecule has 2 aliphatic heterocycles. The molecule has 2 saturated heterocycles. The van der Waals surface area contributed by atoms with E-state index in [1.165, 1.54) is 89.9 Å². The molecule has 2 aliphatic rings. The molecule has 14 nitrogen and oxygen atoms in total. The molecule has 0 aliphatic carbocycles. The van der Waals surface area contributed by atoms with Crippen LogP contribution in [0, 0.1) is 0 Å². The lowest BCUT2D eigenvalue weighted by Crippen LogP contribution is -2.65. The van der Waals surface area contributed by atoms with Crippen LogP contribution < -0.4 is 5.32 Å². The Morgan fingerprint density at radius 1 is 0.500 bits per heavy atom. The third-order valence-electron chi connectivity index (χ3n) is 13.6. The van der Waals surface area contributed by atoms with Crippen molar-refractivity contribution in [3.8, 4) is 0 Å². The van der Waals surface area contributed by atoms with E-state index in [9.17, 15) is 45.6 Å². The van der Waals surface area contributed by atoms with Gasteiger partial charge in [0.15, 0.2) is 12.6 Å². The largest absolute Gasteiger partial charge is 0.394 e. The fourth-order valence-electron chi connectivity index (χ4n) is 8.92. The number of allylic oxidation sites excluding steroid dienone is 13. The number of unbranched alkanes of at least 4 members (excludes halogenated alkanes) is 19. The minimum absolute atomic E-state index is 0.257. The summed E-state index contributed by atoms with van der Waals surface area (Å²) < 4.78 is 22.7. The van der Waals surface area contributed by atoms with Crippen LogP contribution in [-0.4, -0.2) is 140 Å². The van der Waals surface area contributed by atoms with E-state index in [4.69, 9.17) is 18.9 Å². The van der Waals surface area contributed by atoms with Crippen molar-refractivity contribution in [3.63, 3.8) is 0 Å². The summed E-state index contributed by atoms with van der Waals surface area (Å²) in [6.45, 7) is 2.63. The van der Waals surface area contributed by atoms with Crippen molar-refractivity contribution in [2.24, 2.45) is 0 Å². The molecule has 0 bridgehead atoms. The van der Waals surface area contributed by atoms with Crippen molar-refractivity contribution in [2.75, 3.05) is 19.8 Å². The van der Waals surface area contributed by atoms with E-state index in [0.717, 1.165) is 70.6 Å². The van der Waals surface area contributed by atoms with Crippen LogP contribution in [0.4, 0.5) is 0 Å². The predicted octanol–water partition coefficient (Wildman–Crippen LogP) is 9.33. The number of carbonyl (C=O) groups is 1. The first-order chi connectivity index (χ1) is 36.1. The summed E-state index contributed by atoms with van der Waals surface area (Å²) in [6, 6.07) is -0.937. The minimum Gasteiger partial charge on any atom is -0.394 e. The molecule has 12 unspecified atom stereocenters. The highest BCUT2D eigenvalue weighted by Crippen LogP contribution is 2.30. The van der Waals surface area contributed by atoms with Gasteiger partial charge in [-0.3, -0.25) is 4.79 Å². The SMILES string of the molecule is CC/C=C\C/C=C\C/C=C\C/C=C\C/C=C\CCCCCCCCCCCCCC(=O)NC(COC1OC(CO)C(OC2OC(CO)C(O)C(O)C2O)C(O)C1O)C(O)/C=C/CC/C=C/CCCCCCCCC. The molecular formula is C60H103NO13. The highest BCUT2D eigenvalue weighted by molar-refractivity contribution is 5.76. The van der Waals surface area contributed by atoms with E-state index in [2.05, 4.69) is 92.1 Å². The van der Waals surface area contributed by atoms with Crippen LogP contribution in [0.1, 0.15) is 194 Å². The van der Waals surface area contributed by atoms with Gasteiger partial charge in [-0.25, -0.2) is 0 Å². The van der Waals surface area contributed by atoms with Crippen molar-refractivity contribution in [1.29, 1.82) is 0 Å². The van der Waals surface area contributed by atoms with E-state index >= 15 is 0 Å². The third kappa shape index (κ3) is 30.8. The zero-order chi connectivity index (χ0) is 53.9. The maximum atomic E-state index is 13.2. The van der Waals surface area contributed by atoms with Gasteiger partial charge in [0, 0.05) is 6.42 Å². The molecule has 0 aromatic heterocycles. The van der Waals surface area contributed by atoms with Crippen LogP contribution in [0.25, 0.3) is 0 Å². The number of hydrogen-bond donors (Lipinski definition) is 9. The van der Waals surface area contributed by atoms with Crippen molar-refractivity contribution in [1.82, 2.24) is 5.32 Å². The number of ether oxygens (including phenoxy) is 4. The first-order valence-corrected chi connectivity index (χ1v) is 28.8. The van der Waals surface area contributed by atoms with Crippen molar-refractivity contribution in [3.05, 3.63) is 85.1 Å². The van der Waals surface area contributed by atoms with E-state index in [-0.39, 0.29) is 18.9 Å². The van der Waals surface area contributed by atoms with Gasteiger partial charge >= 0.3 is 0 Å². The Morgan fingerprint density at radius 2 is 0.946 bits per heavy atom. The van der Waals surface area contributed by atoms with Crippen molar-refractivity contribution in [2.45, 2.75) is 267 Å². The lowest BCUT2D eigenvalue weighted by Gasteiger charge is -2.46. The monoisotopic (exact) mass is 1050 g/mol. The first kappa shape index (κ1) is 67.3. The van der Waals surface area contributed by atoms with Gasteiger partial charge in [-0.2, -0.15) is 0 Å². The second kappa shape index (κ2) is 45.2. The zero-order valence-corrected chi connectivity index (χ0v) is 45.6. The summed E-state index contributed by atoms with van der Waals surface area (Å²) in [5.41, 5.74) is 0. The fourth-order valence-corrected chi connectivity index (χ4v) is 8.92. The summed E-state index contributed by atoms with van der Waals surface area (Å²) in [6.07, 6.45) is 43.4. The van der Waals surface area contributed by atoms with Crippen LogP contribution in [0.15, 0.2) is 85.1 Å². The highest BCUT2D eigenvalue weighted by atomic mass is 16.7. The molecule has 2 rings (SSSR count). The molecule has 2 heterocycles. The first-order valence-electron chi connectivity index (χ1n) is 28.8. The van der Waals surface area contributed by atoms with Gasteiger partial charge in [0.1, 0.15) is 48.8 Å². The van der Waals surface area contributed by atoms with E-state index in [1.54, 1.807) is 6.08 Å². The molecule has 426 valence electrons. The van der Waals surface area contributed by atoms with Crippen LogP contribution in [0.5, 0.6) is 0 Å². The molecule has 14 heteroatoms. The minimum atomic E-state index is -1.79. The van der Waals surface area contributed by atoms with E-state index in [0.29, 0.717) is 12.8 Å². The van der Waals surface area contributed by atoms with Crippen LogP contribution >= 0.6 is 0 Å². The predicted molar refractivity (Wildman–Crippen MR) is 295 cm³/mol. The molecular weight excluding hydrogens is 943 g/mol. The molecule has 9 N–H and O–H groups in total. The van der Waals surface area contributed by atoms with Gasteiger partial charge < -0.3 is 65.1 Å². The Kier molecular flexibility index (Phi) is 41.1. The standard InChI is InChI=1S/C60H103NO13/c1-3-5-7-9-11-13-15-17-18-19-20-21-22-23-24-25-26-27-28-29-30-32-34-36-38-40-42-44-52(65)61-48(49(64)43-41-39-37-35-33-31-16-14-12-10-8-6-4-2)47-71-59-57(70)55(68)58(51(46-63)73-59)74-60-56(69)54(67)53(66)50(45-62)72-60/h5,7,11,13,17-18,20-21,23-24,33,35,41,43,48-51,53-60,62-64,66-70H,3-4,6,8-10,12,14-16,19,22,25-32,34,36-40,42,44-47H2,1-2H3,(H,61,65)/b7-5-,13-11-,18-17-,21-20-,24-23-,35-33+,43-41+. The quantitative estimate of drug-likeness (QED) is 0.0205. The molecule has 12 atom stereocenters. The van der Waals surface area contributed by atoms with Gasteiger partial charge in [-0.05, 0) is 77.0 Å². The number of aliphatic hydroxyl groups excluding tert-OH is 8. The number of amides is 1. The number of aliphatic hydroxyl groups is 8. The average Bonchev–Trinajstić information content (AvgIpc) is 3.40. The molecule has 1 amide bonds. The second-order valence-corrected chi connectivity index (χ2v) is 20.0. The Morgan fingerprint density at radius 3 is 1.49 bits per heavy atom. The Balaban J connectivity index is 1.74. The maximum Gasteiger partial charge on any atom is 0.220 e. The molecule has 0 spiro atoms. The topological polar surface area (TPSA) is 228 Å². The summed E-state index contributed by atoms with van der Waals surface area (Å²) >= 11 is 0. The van der Waals surface area contributed by atoms with Crippen LogP contribution in [-0.2, 0) is 23.7 Å². The van der Waals surface area contributed by atoms with Gasteiger partial charge in [-0.1, -0.05) is 195 Å². The lowest BCUT2D eigenvalue weighted by molar-refractivity contribution is -0.359. The van der Waals surface area contributed by atoms with Gasteiger partial charge in [0.05, 0.1) is 32.0 Å². The molecule has 0 saturated carbocycles. The lowest BCUT2D eigenvalue weighted by atomic mass is 9.97. The van der Waals surface area contributed by atoms with E-state index in [1.807, 2.05) is 6.08 Å². The molecule has 0 radical (unpaired) electrons. The van der Waals surface area contributed by atoms with Gasteiger partial charge in [-0.15, -0.1) is 0 Å². The van der Waals surface area contributed by atoms with Gasteiger partial charge in [0.2, 0.25) is 5.91 Å².